The Labute approximate surface area is 100.0 Å². The molecule has 0 aliphatic rings. The lowest BCUT2D eigenvalue weighted by atomic mass is 10.2. The second kappa shape index (κ2) is 4.53. The lowest BCUT2D eigenvalue weighted by molar-refractivity contribution is 0.0597. The number of benzene rings is 1. The molecule has 0 saturated carbocycles. The van der Waals surface area contributed by atoms with E-state index in [1.54, 1.807) is 0 Å². The van der Waals surface area contributed by atoms with Crippen LogP contribution in [0.2, 0.25) is 10.0 Å². The van der Waals surface area contributed by atoms with Crippen molar-refractivity contribution in [2.24, 2.45) is 0 Å². The first-order valence-electron chi connectivity index (χ1n) is 6.31. The fourth-order valence-electron chi connectivity index (χ4n) is 0.874. The van der Waals surface area contributed by atoms with Crippen molar-refractivity contribution in [3.05, 3.63) is 27.7 Å². The highest BCUT2D eigenvalue weighted by molar-refractivity contribution is 6.37. The van der Waals surface area contributed by atoms with E-state index in [9.17, 15) is 4.79 Å². The Morgan fingerprint density at radius 1 is 1.36 bits per heavy atom. The van der Waals surface area contributed by atoms with E-state index >= 15 is 0 Å². The molecule has 0 aromatic heterocycles. The average molecular weight is 241 g/mol. The van der Waals surface area contributed by atoms with Gasteiger partial charge in [0.15, 0.2) is 5.75 Å². The number of carbonyl (C=O) groups is 1. The first-order valence-corrected chi connectivity index (χ1v) is 4.07. The van der Waals surface area contributed by atoms with Crippen molar-refractivity contribution in [1.82, 2.24) is 0 Å². The lowest BCUT2D eigenvalue weighted by Gasteiger charge is -2.09. The first kappa shape index (κ1) is 5.24. The van der Waals surface area contributed by atoms with Gasteiger partial charge in [0, 0.05) is 0 Å². The lowest BCUT2D eigenvalue weighted by Crippen LogP contribution is -2.05. The number of methoxy groups -OCH3 is 2. The summed E-state index contributed by atoms with van der Waals surface area (Å²) < 4.78 is 50.3. The van der Waals surface area contributed by atoms with Crippen LogP contribution in [0.3, 0.4) is 0 Å². The molecule has 0 atom stereocenters. The molecule has 1 aromatic rings. The van der Waals surface area contributed by atoms with Gasteiger partial charge >= 0.3 is 5.97 Å². The molecule has 5 heteroatoms. The van der Waals surface area contributed by atoms with Gasteiger partial charge in [0.25, 0.3) is 0 Å². The van der Waals surface area contributed by atoms with Gasteiger partial charge in [-0.3, -0.25) is 0 Å². The Bertz CT molecular complexity index is 526. The molecule has 0 fully saturated rings. The maximum atomic E-state index is 11.8. The molecule has 1 rings (SSSR count). The van der Waals surface area contributed by atoms with Crippen LogP contribution in [-0.4, -0.2) is 20.0 Å². The largest absolute Gasteiger partial charge is 0.494 e. The zero-order chi connectivity index (χ0) is 15.7. The van der Waals surface area contributed by atoms with Crippen molar-refractivity contribution in [2.45, 2.75) is 0 Å². The molecule has 3 nitrogen and oxygen atoms in total. The summed E-state index contributed by atoms with van der Waals surface area (Å²) in [5, 5.41) is -0.467. The van der Waals surface area contributed by atoms with E-state index in [1.165, 1.54) is 12.1 Å². The summed E-state index contributed by atoms with van der Waals surface area (Å²) in [5.74, 6) is -1.93. The Balaban J connectivity index is 3.30. The van der Waals surface area contributed by atoms with Gasteiger partial charge in [0.1, 0.15) is 5.56 Å². The normalized spacial score (nSPS) is 17.9. The van der Waals surface area contributed by atoms with Gasteiger partial charge in [-0.05, 0) is 12.1 Å². The summed E-state index contributed by atoms with van der Waals surface area (Å²) >= 11 is 11.5. The van der Waals surface area contributed by atoms with Crippen molar-refractivity contribution >= 4 is 29.2 Å². The van der Waals surface area contributed by atoms with Crippen LogP contribution in [0.5, 0.6) is 5.75 Å². The fraction of sp³-hybridized carbons (Fsp3) is 0.222. The van der Waals surface area contributed by atoms with Crippen molar-refractivity contribution < 1.29 is 22.5 Å². The molecular weight excluding hydrogens is 227 g/mol. The molecule has 0 N–H and O–H groups in total. The minimum atomic E-state index is -3.01. The van der Waals surface area contributed by atoms with Crippen LogP contribution in [0.1, 0.15) is 18.6 Å². The third-order valence-electron chi connectivity index (χ3n) is 1.46. The Morgan fingerprint density at radius 3 is 2.71 bits per heavy atom. The Hall–Kier alpha value is -0.930. The fourth-order valence-corrected chi connectivity index (χ4v) is 1.30. The Morgan fingerprint density at radius 2 is 2.07 bits per heavy atom. The zero-order valence-electron chi connectivity index (χ0n) is 12.6. The third-order valence-corrected chi connectivity index (χ3v) is 2.07. The van der Waals surface area contributed by atoms with Crippen LogP contribution in [0, 0.1) is 0 Å². The number of hydrogen-bond donors (Lipinski definition) is 0. The summed E-state index contributed by atoms with van der Waals surface area (Å²) in [7, 11) is -5.91. The molecule has 0 radical (unpaired) electrons. The summed E-state index contributed by atoms with van der Waals surface area (Å²) in [6, 6.07) is 2.39. The van der Waals surface area contributed by atoms with Gasteiger partial charge < -0.3 is 9.47 Å². The number of hydrogen-bond acceptors (Lipinski definition) is 3. The second-order valence-corrected chi connectivity index (χ2v) is 3.04. The topological polar surface area (TPSA) is 35.5 Å². The molecule has 0 amide bonds. The van der Waals surface area contributed by atoms with Gasteiger partial charge in [0.2, 0.25) is 0 Å². The number of halogens is 2. The smallest absolute Gasteiger partial charge is 0.343 e. The maximum absolute atomic E-state index is 11.8. The molecule has 0 bridgehead atoms. The minimum Gasteiger partial charge on any atom is -0.494 e. The van der Waals surface area contributed by atoms with Crippen LogP contribution in [0.4, 0.5) is 0 Å². The summed E-state index contributed by atoms with van der Waals surface area (Å²) in [6.45, 7) is 0. The van der Waals surface area contributed by atoms with Crippen molar-refractivity contribution in [3.8, 4) is 5.75 Å². The van der Waals surface area contributed by atoms with E-state index < -0.39 is 31.4 Å². The highest BCUT2D eigenvalue weighted by Crippen LogP contribution is 2.34. The van der Waals surface area contributed by atoms with E-state index in [1.807, 2.05) is 0 Å². The standard InChI is InChI=1S/C9H8Cl2O3/c1-13-8-6(11)4-3-5(10)7(8)9(12)14-2/h3-4H,1-2H3/i1D3,2D3. The SMILES string of the molecule is [2H]C([2H])([2H])OC(=O)c1c(Cl)ccc(Cl)c1OC([2H])([2H])[2H]. The van der Waals surface area contributed by atoms with Gasteiger partial charge in [-0.15, -0.1) is 0 Å². The summed E-state index contributed by atoms with van der Waals surface area (Å²) in [4.78, 5) is 11.8. The summed E-state index contributed by atoms with van der Waals surface area (Å²) in [6.07, 6.45) is 0. The van der Waals surface area contributed by atoms with E-state index in [-0.39, 0.29) is 10.0 Å². The van der Waals surface area contributed by atoms with Crippen molar-refractivity contribution in [2.75, 3.05) is 14.1 Å². The van der Waals surface area contributed by atoms with Gasteiger partial charge in [-0.25, -0.2) is 4.79 Å². The highest BCUT2D eigenvalue weighted by Gasteiger charge is 2.19. The minimum absolute atomic E-state index is 0.219. The van der Waals surface area contributed by atoms with Crippen LogP contribution in [0.15, 0.2) is 12.1 Å². The van der Waals surface area contributed by atoms with Crippen molar-refractivity contribution in [3.63, 3.8) is 0 Å². The Kier molecular flexibility index (Phi) is 1.69. The van der Waals surface area contributed by atoms with E-state index in [0.717, 1.165) is 0 Å². The van der Waals surface area contributed by atoms with E-state index in [2.05, 4.69) is 9.47 Å². The molecule has 0 unspecified atom stereocenters. The molecule has 14 heavy (non-hydrogen) atoms. The second-order valence-electron chi connectivity index (χ2n) is 2.22. The third kappa shape index (κ3) is 1.94. The number of ether oxygens (including phenoxy) is 2. The molecule has 0 saturated heterocycles. The van der Waals surface area contributed by atoms with Gasteiger partial charge in [0.05, 0.1) is 32.3 Å². The van der Waals surface area contributed by atoms with Crippen molar-refractivity contribution in [1.29, 1.82) is 0 Å². The van der Waals surface area contributed by atoms with E-state index in [0.29, 0.717) is 0 Å². The molecular formula is C9H8Cl2O3. The quantitative estimate of drug-likeness (QED) is 0.747. The predicted octanol–water partition coefficient (Wildman–Crippen LogP) is 2.79. The van der Waals surface area contributed by atoms with Crippen LogP contribution < -0.4 is 4.74 Å². The monoisotopic (exact) mass is 240 g/mol. The van der Waals surface area contributed by atoms with Gasteiger partial charge in [-0.2, -0.15) is 0 Å². The molecule has 0 aliphatic heterocycles. The molecule has 1 aromatic carbocycles. The summed E-state index contributed by atoms with van der Waals surface area (Å²) in [5.41, 5.74) is -0.564. The molecule has 0 aliphatic carbocycles. The van der Waals surface area contributed by atoms with Crippen LogP contribution in [-0.2, 0) is 4.74 Å². The zero-order valence-corrected chi connectivity index (χ0v) is 8.15. The number of rotatable bonds is 2. The molecule has 0 heterocycles. The highest BCUT2D eigenvalue weighted by atomic mass is 35.5. The van der Waals surface area contributed by atoms with Gasteiger partial charge in [-0.1, -0.05) is 23.2 Å². The first-order chi connectivity index (χ1) is 8.91. The molecule has 76 valence electrons. The number of esters is 1. The van der Waals surface area contributed by atoms with Crippen LogP contribution >= 0.6 is 23.2 Å². The maximum Gasteiger partial charge on any atom is 0.343 e. The average Bonchev–Trinajstić information content (AvgIpc) is 2.18. The number of carbonyl (C=O) groups excluding carboxylic acids is 1. The predicted molar refractivity (Wildman–Crippen MR) is 54.4 cm³/mol. The van der Waals surface area contributed by atoms with Crippen LogP contribution in [0.25, 0.3) is 0 Å². The molecule has 0 spiro atoms. The van der Waals surface area contributed by atoms with E-state index in [4.69, 9.17) is 31.4 Å².